The van der Waals surface area contributed by atoms with E-state index in [1.54, 1.807) is 7.05 Å². The van der Waals surface area contributed by atoms with Gasteiger partial charge in [0, 0.05) is 5.56 Å². The molecule has 0 aliphatic heterocycles. The van der Waals surface area contributed by atoms with E-state index >= 15 is 0 Å². The van der Waals surface area contributed by atoms with Gasteiger partial charge in [-0.15, -0.1) is 0 Å². The van der Waals surface area contributed by atoms with Gasteiger partial charge in [-0.25, -0.2) is 8.78 Å². The van der Waals surface area contributed by atoms with Crippen molar-refractivity contribution in [1.29, 1.82) is 0 Å². The van der Waals surface area contributed by atoms with Gasteiger partial charge in [-0.1, -0.05) is 49.7 Å². The first-order valence-electron chi connectivity index (χ1n) is 6.85. The molecule has 0 heterocycles. The van der Waals surface area contributed by atoms with Crippen molar-refractivity contribution in [2.24, 2.45) is 0 Å². The van der Waals surface area contributed by atoms with Crippen LogP contribution < -0.4 is 5.32 Å². The highest BCUT2D eigenvalue weighted by atomic mass is 35.5. The fourth-order valence-corrected chi connectivity index (χ4v) is 2.48. The Morgan fingerprint density at radius 3 is 2.05 bits per heavy atom. The second-order valence-electron chi connectivity index (χ2n) is 5.33. The van der Waals surface area contributed by atoms with Gasteiger partial charge in [-0.2, -0.15) is 0 Å². The minimum Gasteiger partial charge on any atom is -0.309 e. The third-order valence-electron chi connectivity index (χ3n) is 3.58. The number of halogens is 3. The monoisotopic (exact) mass is 309 g/mol. The van der Waals surface area contributed by atoms with Crippen molar-refractivity contribution >= 4 is 11.6 Å². The summed E-state index contributed by atoms with van der Waals surface area (Å²) in [5.41, 5.74) is 2.33. The molecule has 112 valence electrons. The summed E-state index contributed by atoms with van der Waals surface area (Å²) in [6, 6.07) is 9.63. The first-order chi connectivity index (χ1) is 9.93. The average molecular weight is 310 g/mol. The van der Waals surface area contributed by atoms with E-state index in [0.29, 0.717) is 5.92 Å². The zero-order valence-electron chi connectivity index (χ0n) is 12.3. The smallest absolute Gasteiger partial charge is 0.142 e. The van der Waals surface area contributed by atoms with Crippen molar-refractivity contribution in [2.45, 2.75) is 25.8 Å². The summed E-state index contributed by atoms with van der Waals surface area (Å²) in [4.78, 5) is 0. The molecule has 0 amide bonds. The van der Waals surface area contributed by atoms with Gasteiger partial charge in [0.1, 0.15) is 11.6 Å². The van der Waals surface area contributed by atoms with Crippen LogP contribution in [0.3, 0.4) is 0 Å². The third-order valence-corrected chi connectivity index (χ3v) is 3.87. The topological polar surface area (TPSA) is 12.0 Å². The highest BCUT2D eigenvalue weighted by Gasteiger charge is 2.18. The summed E-state index contributed by atoms with van der Waals surface area (Å²) in [6.07, 6.45) is 0. The molecule has 1 nitrogen and oxygen atoms in total. The number of hydrogen-bond donors (Lipinski definition) is 1. The normalized spacial score (nSPS) is 12.7. The molecule has 0 aromatic heterocycles. The highest BCUT2D eigenvalue weighted by molar-refractivity contribution is 6.30. The molecule has 1 atom stereocenters. The maximum Gasteiger partial charge on any atom is 0.142 e. The van der Waals surface area contributed by atoms with Crippen molar-refractivity contribution < 1.29 is 8.78 Å². The maximum atomic E-state index is 14.1. The molecular weight excluding hydrogens is 292 g/mol. The molecule has 2 aromatic rings. The Kier molecular flexibility index (Phi) is 4.96. The van der Waals surface area contributed by atoms with Gasteiger partial charge in [0.15, 0.2) is 0 Å². The van der Waals surface area contributed by atoms with Gasteiger partial charge in [0.2, 0.25) is 0 Å². The van der Waals surface area contributed by atoms with Crippen LogP contribution in [0.15, 0.2) is 36.4 Å². The summed E-state index contributed by atoms with van der Waals surface area (Å²) >= 11 is 5.60. The Balaban J connectivity index is 2.42. The molecule has 2 aromatic carbocycles. The van der Waals surface area contributed by atoms with Crippen molar-refractivity contribution in [3.8, 4) is 0 Å². The second kappa shape index (κ2) is 6.54. The molecule has 0 aliphatic rings. The molecular formula is C17H18ClF2N. The Labute approximate surface area is 128 Å². The lowest BCUT2D eigenvalue weighted by Crippen LogP contribution is -2.19. The molecule has 0 aliphatic carbocycles. The van der Waals surface area contributed by atoms with Gasteiger partial charge in [0.05, 0.1) is 11.1 Å². The lowest BCUT2D eigenvalue weighted by atomic mass is 9.95. The lowest BCUT2D eigenvalue weighted by Gasteiger charge is -2.19. The van der Waals surface area contributed by atoms with Crippen LogP contribution in [0.2, 0.25) is 5.02 Å². The van der Waals surface area contributed by atoms with Crippen LogP contribution in [0.4, 0.5) is 8.78 Å². The van der Waals surface area contributed by atoms with E-state index in [4.69, 9.17) is 11.6 Å². The predicted molar refractivity (Wildman–Crippen MR) is 82.8 cm³/mol. The quantitative estimate of drug-likeness (QED) is 0.779. The fourth-order valence-electron chi connectivity index (χ4n) is 2.33. The second-order valence-corrected chi connectivity index (χ2v) is 5.74. The van der Waals surface area contributed by atoms with Crippen molar-refractivity contribution in [3.05, 3.63) is 69.7 Å². The lowest BCUT2D eigenvalue weighted by molar-refractivity contribution is 0.558. The standard InChI is InChI=1S/C17H18ClF2N/c1-10(2)11-4-6-12(7-5-11)17(21-3)13-8-16(20)14(18)9-15(13)19/h4-10,17,21H,1-3H3. The minimum atomic E-state index is -0.618. The van der Waals surface area contributed by atoms with E-state index in [1.165, 1.54) is 5.56 Å². The number of nitrogens with one attached hydrogen (secondary N) is 1. The van der Waals surface area contributed by atoms with Crippen LogP contribution in [0.1, 0.15) is 42.5 Å². The Bertz CT molecular complexity index is 623. The summed E-state index contributed by atoms with van der Waals surface area (Å²) in [5, 5.41) is 2.81. The molecule has 21 heavy (non-hydrogen) atoms. The average Bonchev–Trinajstić information content (AvgIpc) is 2.45. The molecule has 0 saturated heterocycles. The largest absolute Gasteiger partial charge is 0.309 e. The van der Waals surface area contributed by atoms with E-state index in [-0.39, 0.29) is 10.6 Å². The molecule has 1 unspecified atom stereocenters. The van der Waals surface area contributed by atoms with Crippen LogP contribution in [-0.2, 0) is 0 Å². The number of benzene rings is 2. The van der Waals surface area contributed by atoms with Crippen molar-refractivity contribution in [1.82, 2.24) is 5.32 Å². The Morgan fingerprint density at radius 1 is 0.952 bits per heavy atom. The highest BCUT2D eigenvalue weighted by Crippen LogP contribution is 2.29. The van der Waals surface area contributed by atoms with E-state index in [2.05, 4.69) is 19.2 Å². The Hall–Kier alpha value is -1.45. The summed E-state index contributed by atoms with van der Waals surface area (Å²) in [6.45, 7) is 4.22. The molecule has 0 saturated carbocycles. The van der Waals surface area contributed by atoms with Crippen LogP contribution >= 0.6 is 11.6 Å². The van der Waals surface area contributed by atoms with Gasteiger partial charge in [0.25, 0.3) is 0 Å². The number of rotatable bonds is 4. The minimum absolute atomic E-state index is 0.207. The first-order valence-corrected chi connectivity index (χ1v) is 7.23. The SMILES string of the molecule is CNC(c1ccc(C(C)C)cc1)c1cc(F)c(Cl)cc1F. The van der Waals surface area contributed by atoms with Crippen molar-refractivity contribution in [3.63, 3.8) is 0 Å². The molecule has 0 bridgehead atoms. The first kappa shape index (κ1) is 15.9. The molecule has 0 fully saturated rings. The Morgan fingerprint density at radius 2 is 1.52 bits per heavy atom. The van der Waals surface area contributed by atoms with Gasteiger partial charge >= 0.3 is 0 Å². The van der Waals surface area contributed by atoms with Crippen LogP contribution in [0.5, 0.6) is 0 Å². The summed E-state index contributed by atoms with van der Waals surface area (Å²) in [5.74, 6) is -0.711. The summed E-state index contributed by atoms with van der Waals surface area (Å²) in [7, 11) is 1.72. The third kappa shape index (κ3) is 3.42. The van der Waals surface area contributed by atoms with Crippen LogP contribution in [0, 0.1) is 11.6 Å². The van der Waals surface area contributed by atoms with Gasteiger partial charge in [-0.3, -0.25) is 0 Å². The maximum absolute atomic E-state index is 14.1. The molecule has 4 heteroatoms. The number of hydrogen-bond acceptors (Lipinski definition) is 1. The van der Waals surface area contributed by atoms with Gasteiger partial charge in [-0.05, 0) is 36.2 Å². The van der Waals surface area contributed by atoms with E-state index in [0.717, 1.165) is 17.7 Å². The fraction of sp³-hybridized carbons (Fsp3) is 0.294. The van der Waals surface area contributed by atoms with Gasteiger partial charge < -0.3 is 5.32 Å². The zero-order chi connectivity index (χ0) is 15.6. The van der Waals surface area contributed by atoms with E-state index in [9.17, 15) is 8.78 Å². The van der Waals surface area contributed by atoms with Crippen molar-refractivity contribution in [2.75, 3.05) is 7.05 Å². The zero-order valence-corrected chi connectivity index (χ0v) is 13.0. The summed E-state index contributed by atoms with van der Waals surface area (Å²) < 4.78 is 27.7. The van der Waals surface area contributed by atoms with E-state index in [1.807, 2.05) is 24.3 Å². The molecule has 1 N–H and O–H groups in total. The predicted octanol–water partition coefficient (Wildman–Crippen LogP) is 5.05. The molecule has 2 rings (SSSR count). The van der Waals surface area contributed by atoms with E-state index < -0.39 is 17.7 Å². The molecule has 0 spiro atoms. The van der Waals surface area contributed by atoms with Crippen LogP contribution in [-0.4, -0.2) is 7.05 Å². The molecule has 0 radical (unpaired) electrons. The van der Waals surface area contributed by atoms with Crippen LogP contribution in [0.25, 0.3) is 0 Å².